The van der Waals surface area contributed by atoms with Crippen molar-refractivity contribution in [3.05, 3.63) is 65.2 Å². The molecule has 3 unspecified atom stereocenters. The van der Waals surface area contributed by atoms with Crippen LogP contribution in [0.4, 0.5) is 5.69 Å². The average Bonchev–Trinajstić information content (AvgIpc) is 3.29. The molecule has 3 fully saturated rings. The van der Waals surface area contributed by atoms with Crippen LogP contribution >= 0.6 is 0 Å². The van der Waals surface area contributed by atoms with E-state index in [-0.39, 0.29) is 29.8 Å². The number of aryl methyl sites for hydroxylation is 2. The Labute approximate surface area is 159 Å². The summed E-state index contributed by atoms with van der Waals surface area (Å²) in [6.45, 7) is 5.72. The van der Waals surface area contributed by atoms with Crippen LogP contribution in [0.25, 0.3) is 0 Å². The molecule has 0 N–H and O–H groups in total. The second-order valence-electron chi connectivity index (χ2n) is 7.81. The Morgan fingerprint density at radius 2 is 1.56 bits per heavy atom. The van der Waals surface area contributed by atoms with Crippen LogP contribution in [0.1, 0.15) is 29.2 Å². The van der Waals surface area contributed by atoms with Crippen LogP contribution in [0.15, 0.2) is 48.5 Å². The summed E-state index contributed by atoms with van der Waals surface area (Å²) in [7, 11) is 0. The lowest BCUT2D eigenvalue weighted by atomic mass is 9.90. The Kier molecular flexibility index (Phi) is 3.71. The van der Waals surface area contributed by atoms with Crippen LogP contribution in [0.3, 0.4) is 0 Å². The Hall–Kier alpha value is -2.50. The zero-order valence-electron chi connectivity index (χ0n) is 15.6. The maximum atomic E-state index is 13.5. The lowest BCUT2D eigenvalue weighted by Gasteiger charge is -2.30. The van der Waals surface area contributed by atoms with E-state index < -0.39 is 0 Å². The molecular weight excluding hydrogens is 338 g/mol. The van der Waals surface area contributed by atoms with Crippen molar-refractivity contribution >= 4 is 17.5 Å². The summed E-state index contributed by atoms with van der Waals surface area (Å²) >= 11 is 0. The second kappa shape index (κ2) is 6.01. The van der Waals surface area contributed by atoms with E-state index in [1.54, 1.807) is 0 Å². The van der Waals surface area contributed by atoms with E-state index in [4.69, 9.17) is 0 Å². The monoisotopic (exact) mass is 361 g/mol. The Morgan fingerprint density at radius 1 is 0.852 bits per heavy atom. The third-order valence-electron chi connectivity index (χ3n) is 6.14. The normalized spacial score (nSPS) is 28.1. The van der Waals surface area contributed by atoms with Gasteiger partial charge in [-0.25, -0.2) is 14.9 Å². The molecule has 0 saturated carbocycles. The van der Waals surface area contributed by atoms with Crippen molar-refractivity contribution in [3.63, 3.8) is 0 Å². The van der Waals surface area contributed by atoms with Crippen molar-refractivity contribution in [1.82, 2.24) is 10.0 Å². The first-order chi connectivity index (χ1) is 13.1. The Bertz CT molecular complexity index is 926. The molecule has 3 saturated heterocycles. The molecule has 2 amide bonds. The number of nitrogens with zero attached hydrogens (tertiary/aromatic N) is 3. The number of carbonyl (C=O) groups is 2. The zero-order valence-corrected chi connectivity index (χ0v) is 15.6. The highest BCUT2D eigenvalue weighted by Gasteiger charge is 2.62. The molecule has 138 valence electrons. The van der Waals surface area contributed by atoms with Crippen LogP contribution in [0, 0.1) is 19.8 Å². The molecule has 3 aliphatic heterocycles. The third-order valence-corrected chi connectivity index (χ3v) is 6.14. The van der Waals surface area contributed by atoms with Gasteiger partial charge in [0.2, 0.25) is 5.91 Å². The molecule has 5 heteroatoms. The fourth-order valence-corrected chi connectivity index (χ4v) is 5.06. The van der Waals surface area contributed by atoms with Crippen LogP contribution in [-0.2, 0) is 9.59 Å². The molecule has 0 radical (unpaired) electrons. The molecule has 5 rings (SSSR count). The SMILES string of the molecule is Cc1ccc(N2C(=O)C3C(C2=O)N2CCCN2C3c2ccccc2)c(C)c1. The first-order valence-corrected chi connectivity index (χ1v) is 9.61. The molecule has 5 nitrogen and oxygen atoms in total. The first kappa shape index (κ1) is 16.7. The van der Waals surface area contributed by atoms with Gasteiger partial charge in [0.05, 0.1) is 17.6 Å². The van der Waals surface area contributed by atoms with Crippen LogP contribution in [0.5, 0.6) is 0 Å². The molecule has 3 atom stereocenters. The molecule has 0 spiro atoms. The zero-order chi connectivity index (χ0) is 18.7. The molecule has 3 heterocycles. The molecule has 2 aromatic carbocycles. The maximum absolute atomic E-state index is 13.5. The van der Waals surface area contributed by atoms with Crippen molar-refractivity contribution in [3.8, 4) is 0 Å². The number of benzene rings is 2. The topological polar surface area (TPSA) is 43.9 Å². The maximum Gasteiger partial charge on any atom is 0.253 e. The van der Waals surface area contributed by atoms with Gasteiger partial charge in [0, 0.05) is 13.1 Å². The highest BCUT2D eigenvalue weighted by atomic mass is 16.2. The lowest BCUT2D eigenvalue weighted by Crippen LogP contribution is -2.44. The summed E-state index contributed by atoms with van der Waals surface area (Å²) in [5.41, 5.74) is 3.93. The number of amides is 2. The third kappa shape index (κ3) is 2.32. The predicted molar refractivity (Wildman–Crippen MR) is 103 cm³/mol. The number of anilines is 1. The van der Waals surface area contributed by atoms with E-state index in [2.05, 4.69) is 22.2 Å². The molecule has 0 aromatic heterocycles. The fourth-order valence-electron chi connectivity index (χ4n) is 5.06. The predicted octanol–water partition coefficient (Wildman–Crippen LogP) is 2.84. The van der Waals surface area contributed by atoms with Gasteiger partial charge in [0.25, 0.3) is 5.91 Å². The van der Waals surface area contributed by atoms with E-state index >= 15 is 0 Å². The van der Waals surface area contributed by atoms with Gasteiger partial charge in [0.15, 0.2) is 0 Å². The van der Waals surface area contributed by atoms with E-state index in [1.807, 2.05) is 50.2 Å². The van der Waals surface area contributed by atoms with Gasteiger partial charge in [0.1, 0.15) is 6.04 Å². The summed E-state index contributed by atoms with van der Waals surface area (Å²) in [4.78, 5) is 28.3. The van der Waals surface area contributed by atoms with Crippen molar-refractivity contribution < 1.29 is 9.59 Å². The van der Waals surface area contributed by atoms with E-state index in [0.717, 1.165) is 41.9 Å². The summed E-state index contributed by atoms with van der Waals surface area (Å²) in [6, 6.07) is 15.6. The lowest BCUT2D eigenvalue weighted by molar-refractivity contribution is -0.126. The van der Waals surface area contributed by atoms with Gasteiger partial charge < -0.3 is 0 Å². The minimum absolute atomic E-state index is 0.0640. The van der Waals surface area contributed by atoms with Gasteiger partial charge >= 0.3 is 0 Å². The van der Waals surface area contributed by atoms with Crippen molar-refractivity contribution in [2.24, 2.45) is 5.92 Å². The standard InChI is InChI=1S/C22H23N3O2/c1-14-9-10-17(15(2)13-14)25-21(26)18-19(16-7-4-3-5-8-16)23-11-6-12-24(23)20(18)22(25)27/h3-5,7-10,13,18-20H,6,11-12H2,1-2H3. The van der Waals surface area contributed by atoms with Crippen molar-refractivity contribution in [2.45, 2.75) is 32.4 Å². The minimum atomic E-state index is -0.383. The van der Waals surface area contributed by atoms with Gasteiger partial charge in [-0.2, -0.15) is 0 Å². The van der Waals surface area contributed by atoms with Crippen LogP contribution in [0.2, 0.25) is 0 Å². The van der Waals surface area contributed by atoms with E-state index in [0.29, 0.717) is 0 Å². The number of fused-ring (bicyclic) bond motifs is 3. The molecule has 3 aliphatic rings. The van der Waals surface area contributed by atoms with Gasteiger partial charge in [-0.3, -0.25) is 9.59 Å². The Morgan fingerprint density at radius 3 is 2.26 bits per heavy atom. The summed E-state index contributed by atoms with van der Waals surface area (Å²) in [5.74, 6) is -0.497. The molecule has 0 bridgehead atoms. The number of rotatable bonds is 2. The summed E-state index contributed by atoms with van der Waals surface area (Å²) in [6.07, 6.45) is 1.03. The van der Waals surface area contributed by atoms with Gasteiger partial charge in [-0.1, -0.05) is 48.0 Å². The first-order valence-electron chi connectivity index (χ1n) is 9.61. The highest BCUT2D eigenvalue weighted by molar-refractivity contribution is 6.24. The summed E-state index contributed by atoms with van der Waals surface area (Å²) in [5, 5.41) is 4.39. The van der Waals surface area contributed by atoms with Crippen LogP contribution in [-0.4, -0.2) is 41.0 Å². The van der Waals surface area contributed by atoms with E-state index in [9.17, 15) is 9.59 Å². The van der Waals surface area contributed by atoms with Crippen molar-refractivity contribution in [1.29, 1.82) is 0 Å². The largest absolute Gasteiger partial charge is 0.274 e. The van der Waals surface area contributed by atoms with Crippen LogP contribution < -0.4 is 4.90 Å². The smallest absolute Gasteiger partial charge is 0.253 e. The van der Waals surface area contributed by atoms with E-state index in [1.165, 1.54) is 4.90 Å². The Balaban J connectivity index is 1.60. The van der Waals surface area contributed by atoms with Crippen molar-refractivity contribution in [2.75, 3.05) is 18.0 Å². The number of hydrogen-bond donors (Lipinski definition) is 0. The minimum Gasteiger partial charge on any atom is -0.274 e. The molecule has 0 aliphatic carbocycles. The number of hydrogen-bond acceptors (Lipinski definition) is 4. The fraction of sp³-hybridized carbons (Fsp3) is 0.364. The average molecular weight is 361 g/mol. The number of carbonyl (C=O) groups excluding carboxylic acids is 2. The quantitative estimate of drug-likeness (QED) is 0.772. The van der Waals surface area contributed by atoms with Gasteiger partial charge in [-0.05, 0) is 37.5 Å². The second-order valence-corrected chi connectivity index (χ2v) is 7.81. The summed E-state index contributed by atoms with van der Waals surface area (Å²) < 4.78 is 0. The number of hydrazine groups is 1. The molecule has 2 aromatic rings. The van der Waals surface area contributed by atoms with Gasteiger partial charge in [-0.15, -0.1) is 0 Å². The molecule has 27 heavy (non-hydrogen) atoms. The highest BCUT2D eigenvalue weighted by Crippen LogP contribution is 2.49. The number of imide groups is 1. The molecular formula is C22H23N3O2.